The second-order valence-electron chi connectivity index (χ2n) is 42.1. The summed E-state index contributed by atoms with van der Waals surface area (Å²) in [6, 6.07) is 92.7. The molecule has 113 heavy (non-hydrogen) atoms. The van der Waals surface area contributed by atoms with Crippen molar-refractivity contribution in [1.29, 1.82) is 0 Å². The Morgan fingerprint density at radius 2 is 0.575 bits per heavy atom. The van der Waals surface area contributed by atoms with Gasteiger partial charge in [0.1, 0.15) is 0 Å². The molecular weight excluding hydrogens is 1360 g/mol. The summed E-state index contributed by atoms with van der Waals surface area (Å²) >= 11 is 0. The molecule has 4 heterocycles. The molecule has 0 atom stereocenters. The SMILES string of the molecule is CC(C)(C)c1cccc(-c2ccc3c(c2)B2c4ccc(-n5c6ccc(C(C)(C)C)cc6c6cc(C(C)(C)C)ccc65)cc4N(c4ccc(-c5ccc6c(c5)C(C)(C)CCC6(C)C)cc4)c4cc(-n5c6ccc(C(C)(C)C)cc6c6cc(C(C)(C)C)ccc65)cc(c42)N3c2ccc(-c3ccc4c(c3)C(C)(C)CCC4(C)C)cc2)c1. The molecule has 570 valence electrons. The molecule has 2 aromatic heterocycles. The number of rotatable bonds is 7. The minimum Gasteiger partial charge on any atom is -0.311 e. The largest absolute Gasteiger partial charge is 0.311 e. The van der Waals surface area contributed by atoms with Gasteiger partial charge in [-0.3, -0.25) is 0 Å². The highest BCUT2D eigenvalue weighted by atomic mass is 15.2. The number of benzene rings is 12. The van der Waals surface area contributed by atoms with E-state index >= 15 is 0 Å². The van der Waals surface area contributed by atoms with Crippen LogP contribution in [0.1, 0.15) is 235 Å². The molecule has 18 rings (SSSR count). The van der Waals surface area contributed by atoms with E-state index in [2.05, 4.69) is 409 Å². The first-order valence-electron chi connectivity index (χ1n) is 42.0. The molecule has 4 aliphatic rings. The lowest BCUT2D eigenvalue weighted by Gasteiger charge is -2.44. The van der Waals surface area contributed by atoms with Crippen LogP contribution in [0.25, 0.3) is 88.4 Å². The highest BCUT2D eigenvalue weighted by Crippen LogP contribution is 2.53. The summed E-state index contributed by atoms with van der Waals surface area (Å²) in [5, 5.41) is 5.09. The van der Waals surface area contributed by atoms with E-state index in [9.17, 15) is 0 Å². The maximum atomic E-state index is 2.67. The van der Waals surface area contributed by atoms with Crippen LogP contribution in [0.4, 0.5) is 34.1 Å². The van der Waals surface area contributed by atoms with Gasteiger partial charge in [-0.25, -0.2) is 0 Å². The normalized spacial score (nSPS) is 16.4. The molecule has 0 spiro atoms. The predicted octanol–water partition coefficient (Wildman–Crippen LogP) is 28.1. The fourth-order valence-electron chi connectivity index (χ4n) is 19.8. The lowest BCUT2D eigenvalue weighted by molar-refractivity contribution is 0.332. The van der Waals surface area contributed by atoms with E-state index in [4.69, 9.17) is 0 Å². The maximum absolute atomic E-state index is 2.67. The van der Waals surface area contributed by atoms with Crippen LogP contribution in [0.2, 0.25) is 0 Å². The molecular formula is C108H115BN4. The Hall–Kier alpha value is -10.1. The summed E-state index contributed by atoms with van der Waals surface area (Å²) in [6.07, 6.45) is 4.70. The first kappa shape index (κ1) is 74.3. The third-order valence-corrected chi connectivity index (χ3v) is 27.2. The Bertz CT molecular complexity index is 6120. The average molecular weight is 1480 g/mol. The van der Waals surface area contributed by atoms with Crippen LogP contribution in [-0.4, -0.2) is 15.8 Å². The minimum absolute atomic E-state index is 0.0405. The Morgan fingerprint density at radius 1 is 0.248 bits per heavy atom. The predicted molar refractivity (Wildman–Crippen MR) is 490 cm³/mol. The monoisotopic (exact) mass is 1480 g/mol. The van der Waals surface area contributed by atoms with E-state index in [-0.39, 0.29) is 55.4 Å². The van der Waals surface area contributed by atoms with E-state index in [0.29, 0.717) is 0 Å². The van der Waals surface area contributed by atoms with Crippen molar-refractivity contribution in [3.8, 4) is 44.8 Å². The van der Waals surface area contributed by atoms with Crippen molar-refractivity contribution in [2.45, 2.75) is 234 Å². The van der Waals surface area contributed by atoms with Crippen molar-refractivity contribution in [2.75, 3.05) is 9.80 Å². The molecule has 0 saturated heterocycles. The molecule has 12 aromatic carbocycles. The summed E-state index contributed by atoms with van der Waals surface area (Å²) in [5.74, 6) is 0. The third-order valence-electron chi connectivity index (χ3n) is 27.2. The van der Waals surface area contributed by atoms with Crippen molar-refractivity contribution in [2.24, 2.45) is 0 Å². The molecule has 2 aliphatic heterocycles. The van der Waals surface area contributed by atoms with Crippen LogP contribution in [-0.2, 0) is 48.7 Å². The van der Waals surface area contributed by atoms with Gasteiger partial charge in [0, 0.05) is 61.4 Å². The van der Waals surface area contributed by atoms with Gasteiger partial charge in [0.05, 0.1) is 27.8 Å². The summed E-state index contributed by atoms with van der Waals surface area (Å²) in [7, 11) is 0. The lowest BCUT2D eigenvalue weighted by Crippen LogP contribution is -2.61. The second-order valence-corrected chi connectivity index (χ2v) is 42.1. The van der Waals surface area contributed by atoms with Crippen LogP contribution in [0.3, 0.4) is 0 Å². The van der Waals surface area contributed by atoms with Crippen molar-refractivity contribution < 1.29 is 0 Å². The van der Waals surface area contributed by atoms with Gasteiger partial charge in [-0.15, -0.1) is 0 Å². The molecule has 0 N–H and O–H groups in total. The molecule has 2 aliphatic carbocycles. The van der Waals surface area contributed by atoms with Crippen LogP contribution in [0, 0.1) is 0 Å². The van der Waals surface area contributed by atoms with E-state index in [1.807, 2.05) is 0 Å². The smallest absolute Gasteiger partial charge is 0.252 e. The molecule has 0 saturated carbocycles. The zero-order valence-corrected chi connectivity index (χ0v) is 71.6. The van der Waals surface area contributed by atoms with Crippen LogP contribution in [0.15, 0.2) is 231 Å². The fraction of sp³-hybridized carbons (Fsp3) is 0.333. The number of anilines is 6. The Kier molecular flexibility index (Phi) is 16.6. The van der Waals surface area contributed by atoms with Crippen molar-refractivity contribution >= 4 is 101 Å². The van der Waals surface area contributed by atoms with Gasteiger partial charge < -0.3 is 18.9 Å². The zero-order valence-electron chi connectivity index (χ0n) is 71.6. The van der Waals surface area contributed by atoms with Gasteiger partial charge in [-0.2, -0.15) is 0 Å². The topological polar surface area (TPSA) is 16.3 Å². The van der Waals surface area contributed by atoms with Gasteiger partial charge >= 0.3 is 0 Å². The summed E-state index contributed by atoms with van der Waals surface area (Å²) in [4.78, 5) is 5.32. The fourth-order valence-corrected chi connectivity index (χ4v) is 19.8. The molecule has 0 fully saturated rings. The van der Waals surface area contributed by atoms with Crippen LogP contribution >= 0.6 is 0 Å². The summed E-state index contributed by atoms with van der Waals surface area (Å²) in [5.41, 5.74) is 37.8. The first-order chi connectivity index (χ1) is 53.1. The Balaban J connectivity index is 0.946. The number of nitrogens with zero attached hydrogens (tertiary/aromatic N) is 4. The van der Waals surface area contributed by atoms with Crippen LogP contribution < -0.4 is 26.2 Å². The van der Waals surface area contributed by atoms with Gasteiger partial charge in [0.2, 0.25) is 0 Å². The molecule has 0 radical (unpaired) electrons. The van der Waals surface area contributed by atoms with Crippen molar-refractivity contribution in [1.82, 2.24) is 9.13 Å². The van der Waals surface area contributed by atoms with Gasteiger partial charge in [0.15, 0.2) is 0 Å². The summed E-state index contributed by atoms with van der Waals surface area (Å²) in [6.45, 7) is 54.5. The molecule has 0 bridgehead atoms. The zero-order chi connectivity index (χ0) is 79.7. The average Bonchev–Trinajstić information content (AvgIpc) is 1.45. The third kappa shape index (κ3) is 12.3. The van der Waals surface area contributed by atoms with Crippen molar-refractivity contribution in [3.05, 3.63) is 281 Å². The van der Waals surface area contributed by atoms with Gasteiger partial charge in [-0.1, -0.05) is 287 Å². The van der Waals surface area contributed by atoms with Crippen LogP contribution in [0.5, 0.6) is 0 Å². The van der Waals surface area contributed by atoms with Gasteiger partial charge in [0.25, 0.3) is 6.71 Å². The molecule has 4 nitrogen and oxygen atoms in total. The Morgan fingerprint density at radius 3 is 0.982 bits per heavy atom. The highest BCUT2D eigenvalue weighted by Gasteiger charge is 2.46. The molecule has 0 amide bonds. The quantitative estimate of drug-likeness (QED) is 0.148. The summed E-state index contributed by atoms with van der Waals surface area (Å²) < 4.78 is 5.18. The lowest BCUT2D eigenvalue weighted by atomic mass is 9.33. The van der Waals surface area contributed by atoms with E-state index in [1.165, 1.54) is 174 Å². The van der Waals surface area contributed by atoms with E-state index in [1.54, 1.807) is 0 Å². The number of hydrogen-bond acceptors (Lipinski definition) is 2. The minimum atomic E-state index is -0.195. The van der Waals surface area contributed by atoms with E-state index < -0.39 is 0 Å². The van der Waals surface area contributed by atoms with E-state index in [0.717, 1.165) is 40.5 Å². The second kappa shape index (κ2) is 25.2. The molecule has 0 unspecified atom stereocenters. The molecule has 14 aromatic rings. The number of hydrogen-bond donors (Lipinski definition) is 0. The number of aromatic nitrogens is 2. The Labute approximate surface area is 674 Å². The molecule has 5 heteroatoms. The van der Waals surface area contributed by atoms with Crippen molar-refractivity contribution in [3.63, 3.8) is 0 Å². The highest BCUT2D eigenvalue weighted by molar-refractivity contribution is 7.00. The standard InChI is InChI=1S/C108H115BN4/c1-100(2,3)72-26-24-25-68(55-72)71-33-46-95-90(58-71)109-89-45-42-79(112-91-47-34-73(101(4,5)6)59-81(91)82-60-74(102(7,8)9)35-48-92(82)112)63-96(89)111(78-40-29-67(30-41-78)70-32-44-86-88(57-70)108(22,23)54-52-106(86,18)19)98-65-80(113-93-49-36-75(103(10,11)12)61-83(93)84-62-76(104(13,14)15)37-50-94(84)113)64-97(99(98)109)110(95)77-38-27-66(28-39-77)69-31-43-85-87(56-69)107(20,21)53-51-105(85,16)17/h24-50,55-65H,51-54H2,1-23H3. The number of fused-ring (bicyclic) bond motifs is 12. The maximum Gasteiger partial charge on any atom is 0.252 e. The first-order valence-corrected chi connectivity index (χ1v) is 42.0. The van der Waals surface area contributed by atoms with Gasteiger partial charge in [-0.05, 0) is 277 Å².